The number of ether oxygens (including phenoxy) is 2. The Labute approximate surface area is 91.9 Å². The van der Waals surface area contributed by atoms with Gasteiger partial charge in [-0.1, -0.05) is 0 Å². The highest BCUT2D eigenvalue weighted by atomic mass is 16.7. The van der Waals surface area contributed by atoms with E-state index in [2.05, 4.69) is 4.74 Å². The van der Waals surface area contributed by atoms with Gasteiger partial charge in [-0.05, 0) is 24.6 Å². The molecule has 0 bridgehead atoms. The molecule has 0 aliphatic carbocycles. The van der Waals surface area contributed by atoms with Crippen LogP contribution in [0.15, 0.2) is 24.3 Å². The number of carbonyl (C=O) groups is 1. The second-order valence-corrected chi connectivity index (χ2v) is 2.82. The molecule has 85 valence electrons. The summed E-state index contributed by atoms with van der Waals surface area (Å²) in [5, 5.41) is 10.4. The van der Waals surface area contributed by atoms with Gasteiger partial charge in [-0.25, -0.2) is 4.79 Å². The maximum atomic E-state index is 10.8. The minimum Gasteiger partial charge on any atom is -0.429 e. The predicted octanol–water partition coefficient (Wildman–Crippen LogP) is 2.43. The minimum absolute atomic E-state index is 0.00628. The number of rotatable bonds is 4. The summed E-state index contributed by atoms with van der Waals surface area (Å²) < 4.78 is 9.14. The van der Waals surface area contributed by atoms with Crippen molar-refractivity contribution in [2.75, 3.05) is 0 Å². The van der Waals surface area contributed by atoms with Gasteiger partial charge in [0, 0.05) is 12.1 Å². The molecule has 0 N–H and O–H groups in total. The van der Waals surface area contributed by atoms with E-state index in [9.17, 15) is 14.9 Å². The Balaban J connectivity index is 2.49. The average Bonchev–Trinajstić information content (AvgIpc) is 2.27. The van der Waals surface area contributed by atoms with Crippen LogP contribution in [0.5, 0.6) is 0 Å². The van der Waals surface area contributed by atoms with Crippen molar-refractivity contribution >= 4 is 11.8 Å². The van der Waals surface area contributed by atoms with Crippen LogP contribution in [0.1, 0.15) is 12.5 Å². The monoisotopic (exact) mass is 224 g/mol. The van der Waals surface area contributed by atoms with Gasteiger partial charge in [0.1, 0.15) is 13.2 Å². The third-order valence-electron chi connectivity index (χ3n) is 1.72. The van der Waals surface area contributed by atoms with Crippen LogP contribution in [-0.2, 0) is 16.1 Å². The summed E-state index contributed by atoms with van der Waals surface area (Å²) in [5.41, 5.74) is 0.645. The van der Waals surface area contributed by atoms with E-state index in [1.54, 1.807) is 6.92 Å². The molecule has 0 aliphatic rings. The zero-order valence-corrected chi connectivity index (χ0v) is 8.58. The number of hydrogen-bond donors (Lipinski definition) is 0. The van der Waals surface area contributed by atoms with Crippen LogP contribution >= 0.6 is 0 Å². The lowest BCUT2D eigenvalue weighted by Crippen LogP contribution is -2.04. The van der Waals surface area contributed by atoms with Crippen LogP contribution in [-0.4, -0.2) is 11.1 Å². The van der Waals surface area contributed by atoms with E-state index in [0.717, 1.165) is 0 Å². The Morgan fingerprint density at radius 3 is 2.56 bits per heavy atom. The van der Waals surface area contributed by atoms with Crippen molar-refractivity contribution in [3.8, 4) is 0 Å². The fraction of sp³-hybridized carbons (Fsp3) is 0.200. The third kappa shape index (κ3) is 3.56. The van der Waals surface area contributed by atoms with Crippen LogP contribution < -0.4 is 0 Å². The molecule has 1 aromatic carbocycles. The smallest absolute Gasteiger partial charge is 0.429 e. The first-order chi connectivity index (χ1) is 7.63. The van der Waals surface area contributed by atoms with Gasteiger partial charge in [0.15, 0.2) is 0 Å². The van der Waals surface area contributed by atoms with Gasteiger partial charge in [0.05, 0.1) is 4.92 Å². The minimum atomic E-state index is -0.805. The molecule has 1 aromatic rings. The molecule has 0 unspecified atom stereocenters. The van der Waals surface area contributed by atoms with E-state index in [4.69, 9.17) is 4.74 Å². The van der Waals surface area contributed by atoms with E-state index in [1.807, 2.05) is 0 Å². The van der Waals surface area contributed by atoms with Crippen LogP contribution in [0, 0.1) is 16.7 Å². The lowest BCUT2D eigenvalue weighted by Gasteiger charge is -2.03. The van der Waals surface area contributed by atoms with Crippen LogP contribution in [0.2, 0.25) is 0 Å². The molecule has 0 saturated heterocycles. The van der Waals surface area contributed by atoms with Gasteiger partial charge in [-0.3, -0.25) is 10.1 Å². The number of nitro benzene ring substituents is 1. The normalized spacial score (nSPS) is 9.56. The quantitative estimate of drug-likeness (QED) is 0.445. The van der Waals surface area contributed by atoms with Gasteiger partial charge >= 0.3 is 6.16 Å². The largest absolute Gasteiger partial charge is 0.509 e. The van der Waals surface area contributed by atoms with Gasteiger partial charge in [0.25, 0.3) is 5.69 Å². The Morgan fingerprint density at radius 1 is 1.44 bits per heavy atom. The number of benzene rings is 1. The summed E-state index contributed by atoms with van der Waals surface area (Å²) in [6.45, 7) is 2.77. The Kier molecular flexibility index (Phi) is 4.26. The molecule has 0 heterocycles. The predicted molar refractivity (Wildman–Crippen MR) is 54.3 cm³/mol. The summed E-state index contributed by atoms with van der Waals surface area (Å²) in [4.78, 5) is 20.7. The molecule has 1 radical (unpaired) electrons. The number of non-ortho nitro benzene ring substituents is 1. The SMILES string of the molecule is C[CH]OC(=O)OCc1ccc([N+](=O)[O-])cc1. The molecule has 0 amide bonds. The summed E-state index contributed by atoms with van der Waals surface area (Å²) in [5.74, 6) is 0. The zero-order valence-electron chi connectivity index (χ0n) is 8.58. The van der Waals surface area contributed by atoms with Crippen LogP contribution in [0.3, 0.4) is 0 Å². The second kappa shape index (κ2) is 5.69. The van der Waals surface area contributed by atoms with Gasteiger partial charge < -0.3 is 9.47 Å². The third-order valence-corrected chi connectivity index (χ3v) is 1.72. The van der Waals surface area contributed by atoms with Crippen molar-refractivity contribution in [1.29, 1.82) is 0 Å². The Hall–Kier alpha value is -2.11. The maximum Gasteiger partial charge on any atom is 0.509 e. The molecule has 0 spiro atoms. The van der Waals surface area contributed by atoms with Gasteiger partial charge in [-0.2, -0.15) is 0 Å². The standard InChI is InChI=1S/C10H10NO5/c1-2-15-10(12)16-7-8-3-5-9(6-4-8)11(13)14/h2-6H,7H2,1H3. The maximum absolute atomic E-state index is 10.8. The average molecular weight is 224 g/mol. The summed E-state index contributed by atoms with van der Waals surface area (Å²) in [6, 6.07) is 5.72. The summed E-state index contributed by atoms with van der Waals surface area (Å²) in [6.07, 6.45) is -0.805. The van der Waals surface area contributed by atoms with Crippen molar-refractivity contribution in [2.24, 2.45) is 0 Å². The van der Waals surface area contributed by atoms with Crippen molar-refractivity contribution < 1.29 is 19.2 Å². The molecule has 6 heteroatoms. The Bertz CT molecular complexity index is 373. The van der Waals surface area contributed by atoms with E-state index in [0.29, 0.717) is 5.56 Å². The lowest BCUT2D eigenvalue weighted by molar-refractivity contribution is -0.384. The van der Waals surface area contributed by atoms with Gasteiger partial charge in [0.2, 0.25) is 0 Å². The van der Waals surface area contributed by atoms with E-state index >= 15 is 0 Å². The number of nitro groups is 1. The first-order valence-electron chi connectivity index (χ1n) is 4.48. The molecule has 16 heavy (non-hydrogen) atoms. The molecule has 1 rings (SSSR count). The molecule has 6 nitrogen and oxygen atoms in total. The topological polar surface area (TPSA) is 78.7 Å². The molecular weight excluding hydrogens is 214 g/mol. The number of nitrogens with zero attached hydrogens (tertiary/aromatic N) is 1. The Morgan fingerprint density at radius 2 is 2.06 bits per heavy atom. The number of hydrogen-bond acceptors (Lipinski definition) is 5. The highest BCUT2D eigenvalue weighted by molar-refractivity contribution is 5.60. The molecule has 0 aromatic heterocycles. The number of carbonyl (C=O) groups excluding carboxylic acids is 1. The highest BCUT2D eigenvalue weighted by Gasteiger charge is 2.06. The van der Waals surface area contributed by atoms with Gasteiger partial charge in [-0.15, -0.1) is 0 Å². The highest BCUT2D eigenvalue weighted by Crippen LogP contribution is 2.12. The summed E-state index contributed by atoms with van der Waals surface area (Å²) >= 11 is 0. The van der Waals surface area contributed by atoms with E-state index < -0.39 is 11.1 Å². The van der Waals surface area contributed by atoms with E-state index in [1.165, 1.54) is 30.9 Å². The second-order valence-electron chi connectivity index (χ2n) is 2.82. The first kappa shape index (κ1) is 12.0. The summed E-state index contributed by atoms with van der Waals surface area (Å²) in [7, 11) is 0. The van der Waals surface area contributed by atoms with Crippen molar-refractivity contribution in [3.63, 3.8) is 0 Å². The van der Waals surface area contributed by atoms with E-state index in [-0.39, 0.29) is 12.3 Å². The van der Waals surface area contributed by atoms with Crippen molar-refractivity contribution in [1.82, 2.24) is 0 Å². The molecule has 0 fully saturated rings. The molecule has 0 saturated carbocycles. The molecular formula is C10H10NO5. The van der Waals surface area contributed by atoms with Crippen LogP contribution in [0.25, 0.3) is 0 Å². The zero-order chi connectivity index (χ0) is 12.0. The fourth-order valence-corrected chi connectivity index (χ4v) is 0.986. The molecule has 0 aliphatic heterocycles. The lowest BCUT2D eigenvalue weighted by atomic mass is 10.2. The first-order valence-corrected chi connectivity index (χ1v) is 4.48. The van der Waals surface area contributed by atoms with Crippen molar-refractivity contribution in [2.45, 2.75) is 13.5 Å². The molecule has 0 atom stereocenters. The van der Waals surface area contributed by atoms with Crippen molar-refractivity contribution in [3.05, 3.63) is 46.6 Å². The van der Waals surface area contributed by atoms with Crippen LogP contribution in [0.4, 0.5) is 10.5 Å². The fourth-order valence-electron chi connectivity index (χ4n) is 0.986.